The molecular formula is C15H33N. The topological polar surface area (TPSA) is 3.24 Å². The van der Waals surface area contributed by atoms with Crippen LogP contribution in [0.4, 0.5) is 0 Å². The maximum Gasteiger partial charge on any atom is 0.000133 e. The van der Waals surface area contributed by atoms with E-state index in [0.717, 1.165) is 5.92 Å². The molecule has 1 nitrogen and oxygen atoms in total. The monoisotopic (exact) mass is 227 g/mol. The van der Waals surface area contributed by atoms with Crippen LogP contribution in [0, 0.1) is 5.92 Å². The van der Waals surface area contributed by atoms with Crippen molar-refractivity contribution in [3.8, 4) is 0 Å². The van der Waals surface area contributed by atoms with Crippen LogP contribution in [0.15, 0.2) is 0 Å². The Morgan fingerprint density at radius 3 is 1.81 bits per heavy atom. The molecule has 0 bridgehead atoms. The summed E-state index contributed by atoms with van der Waals surface area (Å²) in [6.07, 6.45) is 11.4. The molecule has 0 saturated carbocycles. The molecule has 98 valence electrons. The van der Waals surface area contributed by atoms with E-state index >= 15 is 0 Å². The van der Waals surface area contributed by atoms with Crippen molar-refractivity contribution in [3.05, 3.63) is 0 Å². The summed E-state index contributed by atoms with van der Waals surface area (Å²) in [6.45, 7) is 9.41. The lowest BCUT2D eigenvalue weighted by Crippen LogP contribution is -2.24. The van der Waals surface area contributed by atoms with Crippen LogP contribution in [0.2, 0.25) is 0 Å². The van der Waals surface area contributed by atoms with Crippen molar-refractivity contribution in [1.82, 2.24) is 4.90 Å². The van der Waals surface area contributed by atoms with Gasteiger partial charge in [-0.3, -0.25) is 0 Å². The van der Waals surface area contributed by atoms with E-state index in [4.69, 9.17) is 0 Å². The fourth-order valence-electron chi connectivity index (χ4n) is 2.23. The zero-order chi connectivity index (χ0) is 12.2. The van der Waals surface area contributed by atoms with Crippen molar-refractivity contribution in [2.75, 3.05) is 20.1 Å². The minimum atomic E-state index is 0.805. The molecule has 0 aliphatic rings. The quantitative estimate of drug-likeness (QED) is 0.462. The van der Waals surface area contributed by atoms with E-state index in [9.17, 15) is 0 Å². The van der Waals surface area contributed by atoms with E-state index < -0.39 is 0 Å². The van der Waals surface area contributed by atoms with Crippen LogP contribution in [-0.2, 0) is 0 Å². The summed E-state index contributed by atoms with van der Waals surface area (Å²) in [7, 11) is 2.25. The second-order valence-corrected chi connectivity index (χ2v) is 5.63. The molecule has 0 aromatic carbocycles. The van der Waals surface area contributed by atoms with Gasteiger partial charge in [-0.2, -0.15) is 0 Å². The summed E-state index contributed by atoms with van der Waals surface area (Å²) in [6, 6.07) is 0. The third-order valence-electron chi connectivity index (χ3n) is 3.07. The van der Waals surface area contributed by atoms with Crippen molar-refractivity contribution in [1.29, 1.82) is 0 Å². The van der Waals surface area contributed by atoms with Crippen molar-refractivity contribution in [2.24, 2.45) is 5.92 Å². The van der Waals surface area contributed by atoms with Gasteiger partial charge in [0.25, 0.3) is 0 Å². The molecule has 0 aliphatic carbocycles. The molecule has 0 radical (unpaired) electrons. The normalized spacial score (nSPS) is 11.6. The lowest BCUT2D eigenvalue weighted by molar-refractivity contribution is 0.288. The lowest BCUT2D eigenvalue weighted by Gasteiger charge is -2.18. The fraction of sp³-hybridized carbons (Fsp3) is 1.00. The molecule has 0 rings (SSSR count). The minimum absolute atomic E-state index is 0.805. The predicted octanol–water partition coefficient (Wildman–Crippen LogP) is 4.71. The Morgan fingerprint density at radius 1 is 0.812 bits per heavy atom. The number of hydrogen-bond acceptors (Lipinski definition) is 1. The molecule has 0 amide bonds. The van der Waals surface area contributed by atoms with Crippen molar-refractivity contribution < 1.29 is 0 Å². The summed E-state index contributed by atoms with van der Waals surface area (Å²) in [5.41, 5.74) is 0. The molecule has 0 saturated heterocycles. The largest absolute Gasteiger partial charge is 0.306 e. The molecule has 0 aliphatic heterocycles. The van der Waals surface area contributed by atoms with Crippen LogP contribution in [0.1, 0.15) is 72.1 Å². The van der Waals surface area contributed by atoms with Gasteiger partial charge in [0.1, 0.15) is 0 Å². The average Bonchev–Trinajstić information content (AvgIpc) is 2.21. The molecule has 0 aromatic heterocycles. The van der Waals surface area contributed by atoms with Gasteiger partial charge in [-0.15, -0.1) is 0 Å². The number of nitrogens with zero attached hydrogens (tertiary/aromatic N) is 1. The maximum absolute atomic E-state index is 2.47. The van der Waals surface area contributed by atoms with Crippen LogP contribution in [0.5, 0.6) is 0 Å². The summed E-state index contributed by atoms with van der Waals surface area (Å²) < 4.78 is 0. The molecule has 1 heteroatoms. The molecule has 0 unspecified atom stereocenters. The van der Waals surface area contributed by atoms with Gasteiger partial charge in [0.2, 0.25) is 0 Å². The van der Waals surface area contributed by atoms with E-state index in [2.05, 4.69) is 32.7 Å². The molecule has 0 atom stereocenters. The molecule has 16 heavy (non-hydrogen) atoms. The highest BCUT2D eigenvalue weighted by molar-refractivity contribution is 4.55. The Bertz CT molecular complexity index is 131. The van der Waals surface area contributed by atoms with Crippen LogP contribution < -0.4 is 0 Å². The van der Waals surface area contributed by atoms with Crippen LogP contribution in [-0.4, -0.2) is 25.0 Å². The minimum Gasteiger partial charge on any atom is -0.306 e. The first-order chi connectivity index (χ1) is 7.66. The molecular weight excluding hydrogens is 194 g/mol. The first-order valence-electron chi connectivity index (χ1n) is 7.35. The molecule has 0 spiro atoms. The number of hydrogen-bond donors (Lipinski definition) is 0. The standard InChI is InChI=1S/C15H33N/c1-5-6-7-8-9-10-11-12-13-16(4)14-15(2)3/h15H,5-14H2,1-4H3. The van der Waals surface area contributed by atoms with Gasteiger partial charge < -0.3 is 4.90 Å². The van der Waals surface area contributed by atoms with Gasteiger partial charge in [0.15, 0.2) is 0 Å². The molecule has 0 heterocycles. The van der Waals surface area contributed by atoms with Gasteiger partial charge in [-0.05, 0) is 25.9 Å². The third-order valence-corrected chi connectivity index (χ3v) is 3.07. The molecule has 0 fully saturated rings. The Morgan fingerprint density at radius 2 is 1.31 bits per heavy atom. The highest BCUT2D eigenvalue weighted by atomic mass is 15.1. The Balaban J connectivity index is 3.08. The highest BCUT2D eigenvalue weighted by Gasteiger charge is 2.00. The molecule has 0 N–H and O–H groups in total. The number of unbranched alkanes of at least 4 members (excludes halogenated alkanes) is 7. The summed E-state index contributed by atoms with van der Waals surface area (Å²) in [5.74, 6) is 0.805. The van der Waals surface area contributed by atoms with Gasteiger partial charge in [-0.1, -0.05) is 65.7 Å². The van der Waals surface area contributed by atoms with E-state index in [1.165, 1.54) is 64.5 Å². The second-order valence-electron chi connectivity index (χ2n) is 5.63. The lowest BCUT2D eigenvalue weighted by atomic mass is 10.1. The van der Waals surface area contributed by atoms with Crippen LogP contribution in [0.25, 0.3) is 0 Å². The Kier molecular flexibility index (Phi) is 11.4. The van der Waals surface area contributed by atoms with E-state index in [1.807, 2.05) is 0 Å². The third kappa shape index (κ3) is 12.0. The van der Waals surface area contributed by atoms with Gasteiger partial charge in [-0.25, -0.2) is 0 Å². The van der Waals surface area contributed by atoms with Crippen LogP contribution >= 0.6 is 0 Å². The fourth-order valence-corrected chi connectivity index (χ4v) is 2.23. The smallest absolute Gasteiger partial charge is 0.000133 e. The van der Waals surface area contributed by atoms with E-state index in [1.54, 1.807) is 0 Å². The van der Waals surface area contributed by atoms with E-state index in [0.29, 0.717) is 0 Å². The van der Waals surface area contributed by atoms with Gasteiger partial charge in [0, 0.05) is 6.54 Å². The Labute approximate surface area is 104 Å². The molecule has 0 aromatic rings. The zero-order valence-electron chi connectivity index (χ0n) is 12.1. The highest BCUT2D eigenvalue weighted by Crippen LogP contribution is 2.08. The summed E-state index contributed by atoms with van der Waals surface area (Å²) >= 11 is 0. The van der Waals surface area contributed by atoms with Crippen molar-refractivity contribution in [3.63, 3.8) is 0 Å². The summed E-state index contributed by atoms with van der Waals surface area (Å²) in [5, 5.41) is 0. The maximum atomic E-state index is 2.47. The van der Waals surface area contributed by atoms with E-state index in [-0.39, 0.29) is 0 Å². The predicted molar refractivity (Wildman–Crippen MR) is 74.9 cm³/mol. The van der Waals surface area contributed by atoms with Crippen molar-refractivity contribution >= 4 is 0 Å². The zero-order valence-corrected chi connectivity index (χ0v) is 12.1. The Hall–Kier alpha value is -0.0400. The first kappa shape index (κ1) is 16.0. The number of rotatable bonds is 11. The SMILES string of the molecule is CCCCCCCCCCN(C)CC(C)C. The first-order valence-corrected chi connectivity index (χ1v) is 7.35. The van der Waals surface area contributed by atoms with Crippen molar-refractivity contribution in [2.45, 2.75) is 72.1 Å². The van der Waals surface area contributed by atoms with Gasteiger partial charge >= 0.3 is 0 Å². The average molecular weight is 227 g/mol. The van der Waals surface area contributed by atoms with Gasteiger partial charge in [0.05, 0.1) is 0 Å². The van der Waals surface area contributed by atoms with Crippen LogP contribution in [0.3, 0.4) is 0 Å². The summed E-state index contributed by atoms with van der Waals surface area (Å²) in [4.78, 5) is 2.47. The second kappa shape index (κ2) is 11.4.